The van der Waals surface area contributed by atoms with Crippen molar-refractivity contribution in [2.75, 3.05) is 14.2 Å². The highest BCUT2D eigenvalue weighted by Crippen LogP contribution is 2.28. The third-order valence-electron chi connectivity index (χ3n) is 2.57. The lowest BCUT2D eigenvalue weighted by Crippen LogP contribution is -2.14. The summed E-state index contributed by atoms with van der Waals surface area (Å²) in [5.41, 5.74) is 1.91. The molecule has 5 heteroatoms. The number of aromatic nitrogens is 1. The van der Waals surface area contributed by atoms with Gasteiger partial charge in [-0.2, -0.15) is 0 Å². The highest BCUT2D eigenvalue weighted by Gasteiger charge is 2.10. The largest absolute Gasteiger partial charge is 0.493 e. The first-order chi connectivity index (χ1) is 8.85. The number of methoxy groups -OCH3 is 2. The fourth-order valence-corrected chi connectivity index (χ4v) is 1.70. The van der Waals surface area contributed by atoms with Crippen molar-refractivity contribution >= 4 is 0 Å². The predicted octanol–water partition coefficient (Wildman–Crippen LogP) is 1.98. The Morgan fingerprint density at radius 1 is 1.22 bits per heavy atom. The van der Waals surface area contributed by atoms with Crippen molar-refractivity contribution in [3.05, 3.63) is 42.1 Å². The summed E-state index contributed by atoms with van der Waals surface area (Å²) in [6.45, 7) is 1.32. The summed E-state index contributed by atoms with van der Waals surface area (Å²) in [7, 11) is 3.22. The average Bonchev–Trinajstić information content (AvgIpc) is 2.91. The maximum atomic E-state index is 5.31. The van der Waals surface area contributed by atoms with E-state index in [2.05, 4.69) is 10.3 Å². The second-order valence-corrected chi connectivity index (χ2v) is 3.73. The number of rotatable bonds is 6. The molecule has 0 saturated heterocycles. The first-order valence-corrected chi connectivity index (χ1v) is 5.62. The van der Waals surface area contributed by atoms with Crippen LogP contribution in [-0.4, -0.2) is 19.2 Å². The fraction of sp³-hybridized carbons (Fsp3) is 0.308. The zero-order valence-corrected chi connectivity index (χ0v) is 10.5. The van der Waals surface area contributed by atoms with Gasteiger partial charge >= 0.3 is 0 Å². The molecule has 0 aliphatic heterocycles. The van der Waals surface area contributed by atoms with Gasteiger partial charge < -0.3 is 19.2 Å². The Hall–Kier alpha value is -2.01. The minimum atomic E-state index is 0.603. The van der Waals surface area contributed by atoms with E-state index in [1.165, 1.54) is 0 Å². The van der Waals surface area contributed by atoms with Crippen molar-refractivity contribution in [3.8, 4) is 11.5 Å². The van der Waals surface area contributed by atoms with Crippen molar-refractivity contribution in [2.24, 2.45) is 0 Å². The Bertz CT molecular complexity index is 483. The molecule has 0 spiro atoms. The van der Waals surface area contributed by atoms with Gasteiger partial charge in [0, 0.05) is 30.9 Å². The topological polar surface area (TPSA) is 56.5 Å². The molecular formula is C13H16N2O3. The fourth-order valence-electron chi connectivity index (χ4n) is 1.70. The van der Waals surface area contributed by atoms with Crippen LogP contribution < -0.4 is 14.8 Å². The van der Waals surface area contributed by atoms with Gasteiger partial charge in [-0.15, -0.1) is 0 Å². The normalized spacial score (nSPS) is 10.3. The monoisotopic (exact) mass is 248 g/mol. The van der Waals surface area contributed by atoms with E-state index in [-0.39, 0.29) is 0 Å². The highest BCUT2D eigenvalue weighted by atomic mass is 16.5. The number of nitrogens with one attached hydrogen (secondary N) is 1. The highest BCUT2D eigenvalue weighted by molar-refractivity contribution is 5.42. The molecule has 0 atom stereocenters. The van der Waals surface area contributed by atoms with Gasteiger partial charge in [0.2, 0.25) is 0 Å². The van der Waals surface area contributed by atoms with E-state index in [0.717, 1.165) is 17.8 Å². The summed E-state index contributed by atoms with van der Waals surface area (Å²) in [4.78, 5) is 4.29. The summed E-state index contributed by atoms with van der Waals surface area (Å²) in [6.07, 6.45) is 5.07. The molecule has 2 aromatic heterocycles. The zero-order valence-electron chi connectivity index (χ0n) is 10.5. The van der Waals surface area contributed by atoms with Gasteiger partial charge in [0.05, 0.1) is 32.4 Å². The van der Waals surface area contributed by atoms with Crippen molar-refractivity contribution in [3.63, 3.8) is 0 Å². The summed E-state index contributed by atoms with van der Waals surface area (Å²) in [6, 6.07) is 3.70. The van der Waals surface area contributed by atoms with E-state index in [0.29, 0.717) is 18.0 Å². The molecule has 0 saturated carbocycles. The number of furan rings is 1. The van der Waals surface area contributed by atoms with Crippen LogP contribution in [0.25, 0.3) is 0 Å². The first-order valence-electron chi connectivity index (χ1n) is 5.62. The molecule has 2 heterocycles. The van der Waals surface area contributed by atoms with Crippen LogP contribution in [0.4, 0.5) is 0 Å². The van der Waals surface area contributed by atoms with Crippen LogP contribution >= 0.6 is 0 Å². The maximum absolute atomic E-state index is 5.31. The van der Waals surface area contributed by atoms with E-state index in [1.54, 1.807) is 39.0 Å². The van der Waals surface area contributed by atoms with Gasteiger partial charge in [-0.25, -0.2) is 0 Å². The quantitative estimate of drug-likeness (QED) is 0.847. The van der Waals surface area contributed by atoms with E-state index < -0.39 is 0 Å². The molecule has 2 rings (SSSR count). The Morgan fingerprint density at radius 2 is 2.11 bits per heavy atom. The number of pyridine rings is 1. The van der Waals surface area contributed by atoms with Crippen molar-refractivity contribution in [1.82, 2.24) is 10.3 Å². The molecule has 96 valence electrons. The van der Waals surface area contributed by atoms with Gasteiger partial charge in [0.15, 0.2) is 11.5 Å². The zero-order chi connectivity index (χ0) is 12.8. The lowest BCUT2D eigenvalue weighted by atomic mass is 10.3. The lowest BCUT2D eigenvalue weighted by Gasteiger charge is -2.11. The molecule has 0 amide bonds. The number of hydrogen-bond acceptors (Lipinski definition) is 5. The van der Waals surface area contributed by atoms with Gasteiger partial charge in [0.25, 0.3) is 0 Å². The minimum Gasteiger partial charge on any atom is -0.493 e. The third-order valence-corrected chi connectivity index (χ3v) is 2.57. The van der Waals surface area contributed by atoms with Gasteiger partial charge in [-0.1, -0.05) is 0 Å². The molecule has 1 N–H and O–H groups in total. The molecule has 2 aromatic rings. The number of nitrogens with zero attached hydrogens (tertiary/aromatic N) is 1. The molecule has 0 bridgehead atoms. The Kier molecular flexibility index (Phi) is 4.20. The molecule has 0 aromatic carbocycles. The summed E-state index contributed by atoms with van der Waals surface area (Å²) < 4.78 is 15.5. The Labute approximate surface area is 106 Å². The van der Waals surface area contributed by atoms with Crippen LogP contribution in [0, 0.1) is 0 Å². The second-order valence-electron chi connectivity index (χ2n) is 3.73. The van der Waals surface area contributed by atoms with Gasteiger partial charge in [-0.3, -0.25) is 4.98 Å². The summed E-state index contributed by atoms with van der Waals surface area (Å²) >= 11 is 0. The van der Waals surface area contributed by atoms with E-state index in [9.17, 15) is 0 Å². The van der Waals surface area contributed by atoms with Crippen LogP contribution in [0.3, 0.4) is 0 Å². The standard InChI is InChI=1S/C13H16N2O3/c1-16-12-3-5-15-11(13(12)17-2)8-14-7-10-4-6-18-9-10/h3-6,9,14H,7-8H2,1-2H3. The Balaban J connectivity index is 2.00. The molecule has 0 aliphatic rings. The van der Waals surface area contributed by atoms with Crippen molar-refractivity contribution in [2.45, 2.75) is 13.1 Å². The molecular weight excluding hydrogens is 232 g/mol. The first kappa shape index (κ1) is 12.4. The van der Waals surface area contributed by atoms with Gasteiger partial charge in [0.1, 0.15) is 0 Å². The smallest absolute Gasteiger partial charge is 0.183 e. The molecule has 18 heavy (non-hydrogen) atoms. The predicted molar refractivity (Wildman–Crippen MR) is 66.6 cm³/mol. The molecule has 0 unspecified atom stereocenters. The van der Waals surface area contributed by atoms with Crippen LogP contribution in [0.2, 0.25) is 0 Å². The molecule has 0 fully saturated rings. The molecule has 0 aliphatic carbocycles. The summed E-state index contributed by atoms with van der Waals surface area (Å²) in [5, 5.41) is 3.27. The Morgan fingerprint density at radius 3 is 2.78 bits per heavy atom. The maximum Gasteiger partial charge on any atom is 0.183 e. The average molecular weight is 248 g/mol. The van der Waals surface area contributed by atoms with E-state index in [4.69, 9.17) is 13.9 Å². The SMILES string of the molecule is COc1ccnc(CNCc2ccoc2)c1OC. The van der Waals surface area contributed by atoms with E-state index in [1.807, 2.05) is 6.07 Å². The van der Waals surface area contributed by atoms with Crippen LogP contribution in [0.15, 0.2) is 35.3 Å². The van der Waals surface area contributed by atoms with Crippen LogP contribution in [0.1, 0.15) is 11.3 Å². The molecule has 0 radical (unpaired) electrons. The lowest BCUT2D eigenvalue weighted by molar-refractivity contribution is 0.348. The van der Waals surface area contributed by atoms with Gasteiger partial charge in [-0.05, 0) is 6.07 Å². The van der Waals surface area contributed by atoms with E-state index >= 15 is 0 Å². The third kappa shape index (κ3) is 2.81. The number of ether oxygens (including phenoxy) is 2. The number of hydrogen-bond donors (Lipinski definition) is 1. The van der Waals surface area contributed by atoms with Crippen LogP contribution in [0.5, 0.6) is 11.5 Å². The molecule has 5 nitrogen and oxygen atoms in total. The minimum absolute atomic E-state index is 0.603. The van der Waals surface area contributed by atoms with Crippen molar-refractivity contribution < 1.29 is 13.9 Å². The van der Waals surface area contributed by atoms with Crippen LogP contribution in [-0.2, 0) is 13.1 Å². The van der Waals surface area contributed by atoms with Crippen molar-refractivity contribution in [1.29, 1.82) is 0 Å². The second kappa shape index (κ2) is 6.07. The summed E-state index contributed by atoms with van der Waals surface area (Å²) in [5.74, 6) is 1.35.